The summed E-state index contributed by atoms with van der Waals surface area (Å²) in [4.78, 5) is 15.7. The van der Waals surface area contributed by atoms with E-state index in [0.717, 1.165) is 0 Å². The number of aliphatic carboxylic acids is 1. The van der Waals surface area contributed by atoms with Gasteiger partial charge < -0.3 is 14.9 Å². The predicted octanol–water partition coefficient (Wildman–Crippen LogP) is 3.95. The van der Waals surface area contributed by atoms with Crippen molar-refractivity contribution in [2.75, 3.05) is 0 Å². The molecular formula is C16H13BrClNO4. The number of carbonyl (C=O) groups is 1. The highest BCUT2D eigenvalue weighted by Gasteiger charge is 2.49. The van der Waals surface area contributed by atoms with Gasteiger partial charge in [0.2, 0.25) is 0 Å². The van der Waals surface area contributed by atoms with Crippen LogP contribution in [-0.4, -0.2) is 21.2 Å². The molecule has 2 N–H and O–H groups in total. The van der Waals surface area contributed by atoms with Crippen LogP contribution in [0.15, 0.2) is 34.9 Å². The fourth-order valence-corrected chi connectivity index (χ4v) is 3.49. The highest BCUT2D eigenvalue weighted by atomic mass is 79.9. The van der Waals surface area contributed by atoms with Crippen LogP contribution >= 0.6 is 27.5 Å². The smallest absolute Gasteiger partial charge is 0.310 e. The summed E-state index contributed by atoms with van der Waals surface area (Å²) < 4.78 is 6.47. The van der Waals surface area contributed by atoms with Crippen LogP contribution in [0.4, 0.5) is 0 Å². The summed E-state index contributed by atoms with van der Waals surface area (Å²) in [7, 11) is 0. The number of hydrogen-bond donors (Lipinski definition) is 2. The number of nitrogens with zero attached hydrogens (tertiary/aromatic N) is 1. The van der Waals surface area contributed by atoms with Crippen molar-refractivity contribution >= 4 is 33.5 Å². The highest BCUT2D eigenvalue weighted by molar-refractivity contribution is 9.10. The van der Waals surface area contributed by atoms with Gasteiger partial charge in [-0.25, -0.2) is 4.98 Å². The lowest BCUT2D eigenvalue weighted by Gasteiger charge is -2.39. The van der Waals surface area contributed by atoms with Gasteiger partial charge >= 0.3 is 5.97 Å². The Labute approximate surface area is 146 Å². The van der Waals surface area contributed by atoms with Crippen molar-refractivity contribution in [3.63, 3.8) is 0 Å². The molecule has 0 saturated heterocycles. The van der Waals surface area contributed by atoms with E-state index in [1.54, 1.807) is 25.1 Å². The molecule has 120 valence electrons. The minimum Gasteiger partial charge on any atom is -0.481 e. The third-order valence-corrected chi connectivity index (χ3v) is 4.73. The van der Waals surface area contributed by atoms with E-state index >= 15 is 0 Å². The first-order valence-electron chi connectivity index (χ1n) is 6.97. The van der Waals surface area contributed by atoms with Crippen LogP contribution in [0.5, 0.6) is 11.5 Å². The number of carboxylic acids is 1. The van der Waals surface area contributed by atoms with E-state index in [4.69, 9.17) is 16.3 Å². The molecule has 0 amide bonds. The molecule has 7 heteroatoms. The summed E-state index contributed by atoms with van der Waals surface area (Å²) in [6.45, 7) is 1.71. The quantitative estimate of drug-likeness (QED) is 0.765. The van der Waals surface area contributed by atoms with Gasteiger partial charge in [-0.1, -0.05) is 34.5 Å². The molecule has 1 aliphatic heterocycles. The first-order valence-corrected chi connectivity index (χ1v) is 8.14. The summed E-state index contributed by atoms with van der Waals surface area (Å²) in [5.74, 6) is -1.46. The predicted molar refractivity (Wildman–Crippen MR) is 87.9 cm³/mol. The first-order chi connectivity index (χ1) is 10.9. The van der Waals surface area contributed by atoms with Crippen molar-refractivity contribution in [2.24, 2.45) is 5.92 Å². The van der Waals surface area contributed by atoms with Crippen LogP contribution < -0.4 is 4.74 Å². The zero-order valence-electron chi connectivity index (χ0n) is 12.1. The van der Waals surface area contributed by atoms with E-state index in [1.165, 1.54) is 12.3 Å². The third-order valence-electron chi connectivity index (χ3n) is 4.03. The Morgan fingerprint density at radius 2 is 2.09 bits per heavy atom. The molecule has 0 radical (unpaired) electrons. The number of benzene rings is 1. The first kappa shape index (κ1) is 16.2. The second-order valence-electron chi connectivity index (χ2n) is 5.31. The van der Waals surface area contributed by atoms with E-state index in [1.807, 2.05) is 0 Å². The van der Waals surface area contributed by atoms with Crippen molar-refractivity contribution in [2.45, 2.75) is 18.9 Å². The highest BCUT2D eigenvalue weighted by Crippen LogP contribution is 2.51. The van der Waals surface area contributed by atoms with Gasteiger partial charge in [-0.3, -0.25) is 4.79 Å². The molecule has 0 saturated carbocycles. The number of ether oxygens (including phenoxy) is 1. The molecule has 2 aromatic rings. The molecule has 2 heterocycles. The van der Waals surface area contributed by atoms with Crippen molar-refractivity contribution in [1.29, 1.82) is 0 Å². The minimum atomic E-state index is -1.76. The molecule has 0 spiro atoms. The molecule has 5 nitrogen and oxygen atoms in total. The lowest BCUT2D eigenvalue weighted by Crippen LogP contribution is -2.42. The van der Waals surface area contributed by atoms with Crippen LogP contribution in [0.3, 0.4) is 0 Å². The fraction of sp³-hybridized carbons (Fsp3) is 0.250. The monoisotopic (exact) mass is 397 g/mol. The number of pyridine rings is 1. The van der Waals surface area contributed by atoms with Gasteiger partial charge in [0.05, 0.1) is 12.1 Å². The van der Waals surface area contributed by atoms with Gasteiger partial charge in [0.1, 0.15) is 16.5 Å². The summed E-state index contributed by atoms with van der Waals surface area (Å²) in [6.07, 6.45) is 1.62. The van der Waals surface area contributed by atoms with Crippen molar-refractivity contribution < 1.29 is 19.7 Å². The maximum Gasteiger partial charge on any atom is 0.310 e. The van der Waals surface area contributed by atoms with E-state index in [2.05, 4.69) is 20.9 Å². The van der Waals surface area contributed by atoms with Gasteiger partial charge in [-0.2, -0.15) is 0 Å². The normalized spacial score (nSPS) is 20.2. The Kier molecular flexibility index (Phi) is 4.08. The minimum absolute atomic E-state index is 0.157. The Bertz CT molecular complexity index is 744. The third kappa shape index (κ3) is 2.51. The molecular weight excluding hydrogens is 386 g/mol. The lowest BCUT2D eigenvalue weighted by molar-refractivity contribution is -0.150. The number of carboxylic acid groups (broad SMARTS) is 1. The lowest BCUT2D eigenvalue weighted by atomic mass is 9.73. The van der Waals surface area contributed by atoms with Crippen LogP contribution in [0.2, 0.25) is 5.15 Å². The molecule has 0 bridgehead atoms. The molecule has 2 atom stereocenters. The zero-order chi connectivity index (χ0) is 16.8. The summed E-state index contributed by atoms with van der Waals surface area (Å²) in [6, 6.07) is 6.55. The Hall–Kier alpha value is -1.63. The molecule has 0 aliphatic carbocycles. The number of halogens is 2. The molecule has 2 unspecified atom stereocenters. The van der Waals surface area contributed by atoms with Crippen molar-refractivity contribution in [1.82, 2.24) is 4.98 Å². The van der Waals surface area contributed by atoms with Gasteiger partial charge in [-0.15, -0.1) is 0 Å². The van der Waals surface area contributed by atoms with E-state index in [9.17, 15) is 15.0 Å². The van der Waals surface area contributed by atoms with Gasteiger partial charge in [0.25, 0.3) is 0 Å². The summed E-state index contributed by atoms with van der Waals surface area (Å²) in [5.41, 5.74) is -1.08. The average molecular weight is 399 g/mol. The van der Waals surface area contributed by atoms with Crippen LogP contribution in [0, 0.1) is 5.92 Å². The largest absolute Gasteiger partial charge is 0.481 e. The maximum absolute atomic E-state index is 11.8. The number of rotatable bonds is 3. The zero-order valence-corrected chi connectivity index (χ0v) is 14.4. The maximum atomic E-state index is 11.8. The second kappa shape index (κ2) is 5.78. The molecule has 0 fully saturated rings. The number of aliphatic hydroxyl groups is 1. The SMILES string of the molecule is CCC(C(=O)O)C1(O)c2cc(Br)ccc2Oc2cnc(Cl)cc21. The number of fused-ring (bicyclic) bond motifs is 2. The molecule has 23 heavy (non-hydrogen) atoms. The van der Waals surface area contributed by atoms with Gasteiger partial charge in [-0.05, 0) is 30.7 Å². The summed E-state index contributed by atoms with van der Waals surface area (Å²) in [5, 5.41) is 21.3. The second-order valence-corrected chi connectivity index (χ2v) is 6.61. The number of hydrogen-bond acceptors (Lipinski definition) is 4. The number of aromatic nitrogens is 1. The van der Waals surface area contributed by atoms with Crippen LogP contribution in [-0.2, 0) is 10.4 Å². The Balaban J connectivity index is 2.34. The van der Waals surface area contributed by atoms with Gasteiger partial charge in [0.15, 0.2) is 5.75 Å². The van der Waals surface area contributed by atoms with E-state index in [0.29, 0.717) is 27.1 Å². The van der Waals surface area contributed by atoms with Gasteiger partial charge in [0, 0.05) is 15.6 Å². The van der Waals surface area contributed by atoms with Crippen LogP contribution in [0.25, 0.3) is 0 Å². The van der Waals surface area contributed by atoms with E-state index in [-0.39, 0.29) is 11.6 Å². The molecule has 1 aromatic heterocycles. The summed E-state index contributed by atoms with van der Waals surface area (Å²) >= 11 is 9.31. The Morgan fingerprint density at radius 3 is 2.74 bits per heavy atom. The van der Waals surface area contributed by atoms with E-state index < -0.39 is 17.5 Å². The average Bonchev–Trinajstić information content (AvgIpc) is 2.49. The van der Waals surface area contributed by atoms with Crippen LogP contribution in [0.1, 0.15) is 24.5 Å². The Morgan fingerprint density at radius 1 is 1.39 bits per heavy atom. The standard InChI is InChI=1S/C16H13BrClNO4/c1-2-9(15(20)21)16(22)10-5-8(17)3-4-12(10)23-13-7-19-14(18)6-11(13)16/h3-7,9,22H,2H2,1H3,(H,20,21). The van der Waals surface area contributed by atoms with Crippen molar-refractivity contribution in [3.05, 3.63) is 51.2 Å². The molecule has 1 aromatic carbocycles. The van der Waals surface area contributed by atoms with Crippen molar-refractivity contribution in [3.8, 4) is 11.5 Å². The fourth-order valence-electron chi connectivity index (χ4n) is 2.97. The molecule has 1 aliphatic rings. The topological polar surface area (TPSA) is 79.7 Å². The molecule has 3 rings (SSSR count).